The number of fused-ring (bicyclic) bond motifs is 1. The smallest absolute Gasteiger partial charge is 0.290 e. The van der Waals surface area contributed by atoms with Crippen molar-refractivity contribution in [3.63, 3.8) is 0 Å². The molecule has 4 aromatic rings. The number of thioether (sulfide) groups is 1. The van der Waals surface area contributed by atoms with E-state index in [-0.39, 0.29) is 17.2 Å². The van der Waals surface area contributed by atoms with Gasteiger partial charge in [0.15, 0.2) is 5.76 Å². The van der Waals surface area contributed by atoms with Gasteiger partial charge in [0.1, 0.15) is 11.2 Å². The summed E-state index contributed by atoms with van der Waals surface area (Å²) in [5, 5.41) is 14.0. The first-order valence-electron chi connectivity index (χ1n) is 7.71. The van der Waals surface area contributed by atoms with Gasteiger partial charge in [-0.3, -0.25) is 9.59 Å². The molecule has 0 unspecified atom stereocenters. The fourth-order valence-corrected chi connectivity index (χ4v) is 3.08. The van der Waals surface area contributed by atoms with Crippen LogP contribution in [0.2, 0.25) is 0 Å². The minimum Gasteiger partial charge on any atom is -0.463 e. The highest BCUT2D eigenvalue weighted by Crippen LogP contribution is 2.21. The third-order valence-corrected chi connectivity index (χ3v) is 4.47. The molecule has 0 bridgehead atoms. The quantitative estimate of drug-likeness (QED) is 0.525. The standard InChI is InChI=1S/C17H13N5O3S/c23-15(18-11-5-2-1-3-6-11)10-26-17-20-19-16(24)13-9-12(21-22(13)17)14-7-4-8-25-14/h1-9H,10H2,(H,18,23)(H,19,24). The van der Waals surface area contributed by atoms with E-state index in [1.807, 2.05) is 30.3 Å². The van der Waals surface area contributed by atoms with E-state index in [1.54, 1.807) is 18.2 Å². The number of H-pyrrole nitrogens is 1. The highest BCUT2D eigenvalue weighted by atomic mass is 32.2. The van der Waals surface area contributed by atoms with Gasteiger partial charge in [-0.2, -0.15) is 5.10 Å². The number of nitrogens with one attached hydrogen (secondary N) is 2. The van der Waals surface area contributed by atoms with Crippen LogP contribution in [0.3, 0.4) is 0 Å². The van der Waals surface area contributed by atoms with Crippen LogP contribution in [0.1, 0.15) is 0 Å². The van der Waals surface area contributed by atoms with Crippen molar-refractivity contribution in [1.29, 1.82) is 0 Å². The minimum absolute atomic E-state index is 0.124. The van der Waals surface area contributed by atoms with Crippen molar-refractivity contribution < 1.29 is 9.21 Å². The molecule has 9 heteroatoms. The molecule has 0 fully saturated rings. The second kappa shape index (κ2) is 6.89. The summed E-state index contributed by atoms with van der Waals surface area (Å²) in [6, 6.07) is 14.3. The number of amides is 1. The van der Waals surface area contributed by atoms with E-state index in [1.165, 1.54) is 22.5 Å². The van der Waals surface area contributed by atoms with E-state index in [0.717, 1.165) is 5.69 Å². The van der Waals surface area contributed by atoms with E-state index >= 15 is 0 Å². The first-order chi connectivity index (χ1) is 12.7. The van der Waals surface area contributed by atoms with Gasteiger partial charge >= 0.3 is 0 Å². The number of hydrogen-bond donors (Lipinski definition) is 2. The van der Waals surface area contributed by atoms with Gasteiger partial charge in [0.05, 0.1) is 12.0 Å². The Kier molecular flexibility index (Phi) is 4.28. The monoisotopic (exact) mass is 367 g/mol. The molecule has 26 heavy (non-hydrogen) atoms. The van der Waals surface area contributed by atoms with Gasteiger partial charge in [-0.25, -0.2) is 9.61 Å². The number of aromatic amines is 1. The Morgan fingerprint density at radius 3 is 2.85 bits per heavy atom. The number of furan rings is 1. The summed E-state index contributed by atoms with van der Waals surface area (Å²) in [6.45, 7) is 0. The molecule has 0 saturated heterocycles. The third-order valence-electron chi connectivity index (χ3n) is 3.54. The van der Waals surface area contributed by atoms with Crippen LogP contribution < -0.4 is 10.9 Å². The second-order valence-electron chi connectivity index (χ2n) is 5.34. The zero-order valence-electron chi connectivity index (χ0n) is 13.4. The van der Waals surface area contributed by atoms with Crippen LogP contribution in [0.5, 0.6) is 0 Å². The Balaban J connectivity index is 1.56. The number of benzene rings is 1. The minimum atomic E-state index is -0.367. The SMILES string of the molecule is O=C(CSc1n[nH]c(=O)c2cc(-c3ccco3)nn12)Nc1ccccc1. The lowest BCUT2D eigenvalue weighted by atomic mass is 10.3. The van der Waals surface area contributed by atoms with Crippen LogP contribution in [0.4, 0.5) is 5.69 Å². The molecular formula is C17H13N5O3S. The summed E-state index contributed by atoms with van der Waals surface area (Å²) in [4.78, 5) is 24.1. The van der Waals surface area contributed by atoms with Gasteiger partial charge in [-0.1, -0.05) is 30.0 Å². The predicted octanol–water partition coefficient (Wildman–Crippen LogP) is 2.41. The molecule has 8 nitrogen and oxygen atoms in total. The van der Waals surface area contributed by atoms with Crippen molar-refractivity contribution in [3.05, 3.63) is 65.1 Å². The van der Waals surface area contributed by atoms with Crippen LogP contribution >= 0.6 is 11.8 Å². The van der Waals surface area contributed by atoms with Crippen molar-refractivity contribution in [2.45, 2.75) is 5.16 Å². The van der Waals surface area contributed by atoms with Gasteiger partial charge in [0.25, 0.3) is 5.56 Å². The van der Waals surface area contributed by atoms with Gasteiger partial charge < -0.3 is 9.73 Å². The lowest BCUT2D eigenvalue weighted by Gasteiger charge is -2.05. The number of rotatable bonds is 5. The molecule has 1 aromatic carbocycles. The normalized spacial score (nSPS) is 10.9. The van der Waals surface area contributed by atoms with Gasteiger partial charge in [0, 0.05) is 11.8 Å². The maximum atomic E-state index is 12.1. The van der Waals surface area contributed by atoms with Gasteiger partial charge in [-0.05, 0) is 24.3 Å². The highest BCUT2D eigenvalue weighted by Gasteiger charge is 2.14. The summed E-state index contributed by atoms with van der Waals surface area (Å²) in [7, 11) is 0. The molecule has 4 rings (SSSR count). The molecule has 130 valence electrons. The van der Waals surface area contributed by atoms with E-state index in [4.69, 9.17) is 4.42 Å². The first-order valence-corrected chi connectivity index (χ1v) is 8.69. The van der Waals surface area contributed by atoms with Gasteiger partial charge in [0.2, 0.25) is 11.1 Å². The maximum Gasteiger partial charge on any atom is 0.290 e. The predicted molar refractivity (Wildman–Crippen MR) is 97.1 cm³/mol. The Morgan fingerprint density at radius 1 is 1.23 bits per heavy atom. The molecule has 0 aliphatic heterocycles. The first kappa shape index (κ1) is 16.2. The fraction of sp³-hybridized carbons (Fsp3) is 0.0588. The summed E-state index contributed by atoms with van der Waals surface area (Å²) < 4.78 is 6.73. The molecule has 1 amide bonds. The average Bonchev–Trinajstić information content (AvgIpc) is 3.32. The summed E-state index contributed by atoms with van der Waals surface area (Å²) in [6.07, 6.45) is 1.53. The topological polar surface area (TPSA) is 105 Å². The van der Waals surface area contributed by atoms with Gasteiger partial charge in [-0.15, -0.1) is 5.10 Å². The third kappa shape index (κ3) is 3.24. The number of aromatic nitrogens is 4. The molecule has 0 radical (unpaired) electrons. The second-order valence-corrected chi connectivity index (χ2v) is 6.28. The van der Waals surface area contributed by atoms with Crippen molar-refractivity contribution in [1.82, 2.24) is 19.8 Å². The number of anilines is 1. The van der Waals surface area contributed by atoms with Crippen LogP contribution in [0, 0.1) is 0 Å². The van der Waals surface area contributed by atoms with Crippen LogP contribution in [0.25, 0.3) is 17.0 Å². The number of nitrogens with zero attached hydrogens (tertiary/aromatic N) is 3. The molecular weight excluding hydrogens is 354 g/mol. The largest absolute Gasteiger partial charge is 0.463 e. The van der Waals surface area contributed by atoms with Crippen molar-refractivity contribution in [3.8, 4) is 11.5 Å². The van der Waals surface area contributed by atoms with E-state index in [0.29, 0.717) is 22.1 Å². The molecule has 0 aliphatic carbocycles. The zero-order valence-corrected chi connectivity index (χ0v) is 14.2. The summed E-state index contributed by atoms with van der Waals surface area (Å²) in [5.41, 5.74) is 1.20. The molecule has 3 heterocycles. The lowest BCUT2D eigenvalue weighted by molar-refractivity contribution is -0.113. The number of para-hydroxylation sites is 1. The summed E-state index contributed by atoms with van der Waals surface area (Å²) in [5.74, 6) is 0.491. The van der Waals surface area contributed by atoms with E-state index < -0.39 is 0 Å². The lowest BCUT2D eigenvalue weighted by Crippen LogP contribution is -2.17. The van der Waals surface area contributed by atoms with Crippen LogP contribution in [-0.4, -0.2) is 31.5 Å². The Morgan fingerprint density at radius 2 is 2.08 bits per heavy atom. The number of hydrogen-bond acceptors (Lipinski definition) is 6. The fourth-order valence-electron chi connectivity index (χ4n) is 2.38. The summed E-state index contributed by atoms with van der Waals surface area (Å²) >= 11 is 1.17. The van der Waals surface area contributed by atoms with E-state index in [9.17, 15) is 9.59 Å². The molecule has 0 saturated carbocycles. The van der Waals surface area contributed by atoms with E-state index in [2.05, 4.69) is 20.6 Å². The Hall–Kier alpha value is -3.33. The number of carbonyl (C=O) groups is 1. The Bertz CT molecular complexity index is 1100. The highest BCUT2D eigenvalue weighted by molar-refractivity contribution is 7.99. The van der Waals surface area contributed by atoms with Crippen LogP contribution in [0.15, 0.2) is 69.2 Å². The van der Waals surface area contributed by atoms with Crippen molar-refractivity contribution in [2.24, 2.45) is 0 Å². The molecule has 3 aromatic heterocycles. The molecule has 0 aliphatic rings. The molecule has 0 spiro atoms. The molecule has 2 N–H and O–H groups in total. The van der Waals surface area contributed by atoms with Crippen molar-refractivity contribution in [2.75, 3.05) is 11.1 Å². The average molecular weight is 367 g/mol. The maximum absolute atomic E-state index is 12.1. The zero-order chi connectivity index (χ0) is 17.9. The van der Waals surface area contributed by atoms with Crippen LogP contribution in [-0.2, 0) is 4.79 Å². The molecule has 0 atom stereocenters. The Labute approximate surface area is 151 Å². The number of carbonyl (C=O) groups excluding carboxylic acids is 1. The van der Waals surface area contributed by atoms with Crippen molar-refractivity contribution >= 4 is 28.9 Å².